The molecule has 1 saturated carbocycles. The van der Waals surface area contributed by atoms with Crippen molar-refractivity contribution in [3.05, 3.63) is 0 Å². The quantitative estimate of drug-likeness (QED) is 0.517. The van der Waals surface area contributed by atoms with Gasteiger partial charge in [0.2, 0.25) is 11.8 Å². The fraction of sp³-hybridized carbons (Fsp3) is 0.818. The zero-order valence-electron chi connectivity index (χ0n) is 10.2. The van der Waals surface area contributed by atoms with Crippen LogP contribution in [0, 0.1) is 0 Å². The zero-order chi connectivity index (χ0) is 12.7. The smallest absolute Gasteiger partial charge is 0.237 e. The molecule has 0 radical (unpaired) electrons. The average Bonchev–Trinajstić information content (AvgIpc) is 3.09. The lowest BCUT2D eigenvalue weighted by Crippen LogP contribution is -2.42. The fourth-order valence-electron chi connectivity index (χ4n) is 1.33. The van der Waals surface area contributed by atoms with Gasteiger partial charge in [-0.3, -0.25) is 9.59 Å². The van der Waals surface area contributed by atoms with Crippen molar-refractivity contribution in [3.8, 4) is 0 Å². The maximum absolute atomic E-state index is 11.4. The summed E-state index contributed by atoms with van der Waals surface area (Å²) in [6.45, 7) is 0.787. The fourth-order valence-corrected chi connectivity index (χ4v) is 1.33. The van der Waals surface area contributed by atoms with E-state index in [1.165, 1.54) is 0 Å². The number of hydrogen-bond donors (Lipinski definition) is 3. The summed E-state index contributed by atoms with van der Waals surface area (Å²) in [6.07, 6.45) is 2.93. The number of methoxy groups -OCH3 is 1. The summed E-state index contributed by atoms with van der Waals surface area (Å²) in [7, 11) is 1.56. The minimum absolute atomic E-state index is 0.0155. The molecule has 1 atom stereocenters. The van der Waals surface area contributed by atoms with Gasteiger partial charge in [-0.2, -0.15) is 0 Å². The Labute approximate surface area is 101 Å². The van der Waals surface area contributed by atoms with Crippen molar-refractivity contribution in [3.63, 3.8) is 0 Å². The third-order valence-electron chi connectivity index (χ3n) is 2.56. The second-order valence-electron chi connectivity index (χ2n) is 4.27. The van der Waals surface area contributed by atoms with Gasteiger partial charge in [0.25, 0.3) is 0 Å². The monoisotopic (exact) mass is 243 g/mol. The second-order valence-corrected chi connectivity index (χ2v) is 4.27. The minimum Gasteiger partial charge on any atom is -0.385 e. The number of carbonyl (C=O) groups is 2. The van der Waals surface area contributed by atoms with Crippen LogP contribution in [0.4, 0.5) is 0 Å². The molecule has 0 heterocycles. The third kappa shape index (κ3) is 6.23. The predicted octanol–water partition coefficient (Wildman–Crippen LogP) is -0.865. The average molecular weight is 243 g/mol. The van der Waals surface area contributed by atoms with Crippen molar-refractivity contribution < 1.29 is 14.3 Å². The van der Waals surface area contributed by atoms with Crippen LogP contribution < -0.4 is 16.4 Å². The molecule has 0 aromatic rings. The van der Waals surface area contributed by atoms with E-state index in [4.69, 9.17) is 10.5 Å². The topological polar surface area (TPSA) is 93.4 Å². The summed E-state index contributed by atoms with van der Waals surface area (Å²) in [5, 5.41) is 5.49. The molecule has 0 spiro atoms. The van der Waals surface area contributed by atoms with Gasteiger partial charge in [-0.05, 0) is 19.3 Å². The van der Waals surface area contributed by atoms with Crippen LogP contribution >= 0.6 is 0 Å². The summed E-state index contributed by atoms with van der Waals surface area (Å²) in [5.41, 5.74) is 5.62. The number of nitrogens with two attached hydrogens (primary N) is 1. The first kappa shape index (κ1) is 13.9. The third-order valence-corrected chi connectivity index (χ3v) is 2.56. The lowest BCUT2D eigenvalue weighted by molar-refractivity contribution is -0.123. The van der Waals surface area contributed by atoms with E-state index in [1.54, 1.807) is 7.11 Å². The molecule has 98 valence electrons. The molecule has 1 rings (SSSR count). The zero-order valence-corrected chi connectivity index (χ0v) is 10.2. The molecular formula is C11H21N3O3. The summed E-state index contributed by atoms with van der Waals surface area (Å²) in [6, 6.07) is -0.205. The van der Waals surface area contributed by atoms with E-state index in [0.29, 0.717) is 32.0 Å². The molecule has 6 nitrogen and oxygen atoms in total. The van der Waals surface area contributed by atoms with Gasteiger partial charge in [-0.15, -0.1) is 0 Å². The van der Waals surface area contributed by atoms with E-state index in [2.05, 4.69) is 10.6 Å². The molecule has 1 aliphatic rings. The first-order chi connectivity index (χ1) is 8.13. The Morgan fingerprint density at radius 3 is 2.76 bits per heavy atom. The summed E-state index contributed by atoms with van der Waals surface area (Å²) in [5.74, 6) is -0.250. The van der Waals surface area contributed by atoms with Crippen molar-refractivity contribution in [2.75, 3.05) is 20.3 Å². The van der Waals surface area contributed by atoms with E-state index in [9.17, 15) is 9.59 Å². The molecule has 4 N–H and O–H groups in total. The van der Waals surface area contributed by atoms with Crippen molar-refractivity contribution in [2.45, 2.75) is 37.8 Å². The molecule has 0 aliphatic heterocycles. The van der Waals surface area contributed by atoms with Crippen molar-refractivity contribution in [1.82, 2.24) is 10.6 Å². The lowest BCUT2D eigenvalue weighted by Gasteiger charge is -2.11. The molecular weight excluding hydrogens is 222 g/mol. The minimum atomic E-state index is -0.568. The van der Waals surface area contributed by atoms with Crippen molar-refractivity contribution in [2.24, 2.45) is 5.73 Å². The standard InChI is InChI=1S/C11H21N3O3/c1-17-7-5-9(12)11(16)13-6-4-10(15)14-8-2-3-8/h8-9H,2-7,12H2,1H3,(H,13,16)(H,14,15). The lowest BCUT2D eigenvalue weighted by atomic mass is 10.2. The predicted molar refractivity (Wildman–Crippen MR) is 63.3 cm³/mol. The Morgan fingerprint density at radius 2 is 2.18 bits per heavy atom. The van der Waals surface area contributed by atoms with E-state index < -0.39 is 6.04 Å². The summed E-state index contributed by atoms with van der Waals surface area (Å²) in [4.78, 5) is 22.7. The number of nitrogens with one attached hydrogen (secondary N) is 2. The van der Waals surface area contributed by atoms with Gasteiger partial charge in [0.05, 0.1) is 6.04 Å². The Balaban J connectivity index is 2.03. The Kier molecular flexibility index (Phi) is 5.93. The van der Waals surface area contributed by atoms with E-state index >= 15 is 0 Å². The van der Waals surface area contributed by atoms with Gasteiger partial charge in [0.1, 0.15) is 0 Å². The van der Waals surface area contributed by atoms with Crippen LogP contribution in [0.2, 0.25) is 0 Å². The molecule has 17 heavy (non-hydrogen) atoms. The van der Waals surface area contributed by atoms with Crippen molar-refractivity contribution in [1.29, 1.82) is 0 Å². The van der Waals surface area contributed by atoms with Crippen LogP contribution in [0.5, 0.6) is 0 Å². The highest BCUT2D eigenvalue weighted by Gasteiger charge is 2.23. The molecule has 0 aromatic heterocycles. The molecule has 0 aromatic carbocycles. The van der Waals surface area contributed by atoms with E-state index in [0.717, 1.165) is 12.8 Å². The first-order valence-electron chi connectivity index (χ1n) is 5.95. The van der Waals surface area contributed by atoms with Gasteiger partial charge in [0, 0.05) is 32.7 Å². The number of amides is 2. The van der Waals surface area contributed by atoms with Gasteiger partial charge >= 0.3 is 0 Å². The van der Waals surface area contributed by atoms with E-state index in [1.807, 2.05) is 0 Å². The largest absolute Gasteiger partial charge is 0.385 e. The van der Waals surface area contributed by atoms with Crippen LogP contribution in [0.25, 0.3) is 0 Å². The molecule has 6 heteroatoms. The maximum Gasteiger partial charge on any atom is 0.237 e. The van der Waals surface area contributed by atoms with Crippen LogP contribution in [0.15, 0.2) is 0 Å². The Morgan fingerprint density at radius 1 is 1.47 bits per heavy atom. The number of carbonyl (C=O) groups excluding carboxylic acids is 2. The van der Waals surface area contributed by atoms with Crippen LogP contribution in [0.1, 0.15) is 25.7 Å². The number of hydrogen-bond acceptors (Lipinski definition) is 4. The van der Waals surface area contributed by atoms with Gasteiger partial charge in [-0.25, -0.2) is 0 Å². The first-order valence-corrected chi connectivity index (χ1v) is 5.95. The van der Waals surface area contributed by atoms with Gasteiger partial charge in [0.15, 0.2) is 0 Å². The molecule has 0 saturated heterocycles. The van der Waals surface area contributed by atoms with E-state index in [-0.39, 0.29) is 11.8 Å². The van der Waals surface area contributed by atoms with Crippen molar-refractivity contribution >= 4 is 11.8 Å². The maximum atomic E-state index is 11.4. The molecule has 1 aliphatic carbocycles. The molecule has 2 amide bonds. The Hall–Kier alpha value is -1.14. The molecule has 1 fully saturated rings. The van der Waals surface area contributed by atoms with Crippen LogP contribution in [-0.4, -0.2) is 44.2 Å². The summed E-state index contributed by atoms with van der Waals surface area (Å²) >= 11 is 0. The Bertz CT molecular complexity index is 267. The van der Waals surface area contributed by atoms with Gasteiger partial charge < -0.3 is 21.1 Å². The van der Waals surface area contributed by atoms with Crippen LogP contribution in [-0.2, 0) is 14.3 Å². The number of rotatable bonds is 8. The SMILES string of the molecule is COCCC(N)C(=O)NCCC(=O)NC1CC1. The number of ether oxygens (including phenoxy) is 1. The highest BCUT2D eigenvalue weighted by Crippen LogP contribution is 2.18. The van der Waals surface area contributed by atoms with Gasteiger partial charge in [-0.1, -0.05) is 0 Å². The highest BCUT2D eigenvalue weighted by molar-refractivity contribution is 5.82. The normalized spacial score (nSPS) is 16.4. The molecule has 1 unspecified atom stereocenters. The highest BCUT2D eigenvalue weighted by atomic mass is 16.5. The molecule has 0 bridgehead atoms. The second kappa shape index (κ2) is 7.24. The van der Waals surface area contributed by atoms with Crippen LogP contribution in [0.3, 0.4) is 0 Å². The summed E-state index contributed by atoms with van der Waals surface area (Å²) < 4.78 is 4.83.